The summed E-state index contributed by atoms with van der Waals surface area (Å²) in [7, 11) is 0. The van der Waals surface area contributed by atoms with Crippen molar-refractivity contribution in [2.45, 2.75) is 45.8 Å². The monoisotopic (exact) mass is 341 g/mol. The summed E-state index contributed by atoms with van der Waals surface area (Å²) in [5.41, 5.74) is -0.109. The van der Waals surface area contributed by atoms with E-state index in [9.17, 15) is 9.59 Å². The fourth-order valence-electron chi connectivity index (χ4n) is 1.85. The number of amides is 1. The van der Waals surface area contributed by atoms with Crippen LogP contribution in [-0.2, 0) is 15.1 Å². The second-order valence-electron chi connectivity index (χ2n) is 5.86. The van der Waals surface area contributed by atoms with Gasteiger partial charge in [-0.05, 0) is 51.8 Å². The first-order valence-electron chi connectivity index (χ1n) is 6.32. The molecule has 1 amide bonds. The number of hydrogen-bond donors (Lipinski definition) is 1. The molecule has 0 spiro atoms. The van der Waals surface area contributed by atoms with Crippen molar-refractivity contribution in [2.24, 2.45) is 0 Å². The number of carbonyl (C=O) groups excluding carboxylic acids is 2. The maximum atomic E-state index is 11.9. The maximum absolute atomic E-state index is 11.9. The van der Waals surface area contributed by atoms with Gasteiger partial charge in [0.05, 0.1) is 0 Å². The molecule has 0 heterocycles. The van der Waals surface area contributed by atoms with Crippen molar-refractivity contribution >= 4 is 28.3 Å². The van der Waals surface area contributed by atoms with Gasteiger partial charge in [-0.15, -0.1) is 0 Å². The summed E-state index contributed by atoms with van der Waals surface area (Å²) >= 11 is 3.42. The predicted octanol–water partition coefficient (Wildman–Crippen LogP) is 3.70. The number of ether oxygens (including phenoxy) is 1. The van der Waals surface area contributed by atoms with Crippen LogP contribution in [-0.4, -0.2) is 18.0 Å². The highest BCUT2D eigenvalue weighted by atomic mass is 79.9. The first kappa shape index (κ1) is 16.7. The van der Waals surface area contributed by atoms with Crippen LogP contribution in [0.4, 0.5) is 4.79 Å². The van der Waals surface area contributed by atoms with E-state index >= 15 is 0 Å². The van der Waals surface area contributed by atoms with Gasteiger partial charge < -0.3 is 14.8 Å². The number of carbonyl (C=O) groups is 2. The van der Waals surface area contributed by atoms with E-state index < -0.39 is 17.2 Å². The molecule has 4 nitrogen and oxygen atoms in total. The number of rotatable bonds is 3. The second kappa shape index (κ2) is 5.95. The second-order valence-corrected chi connectivity index (χ2v) is 6.71. The van der Waals surface area contributed by atoms with Crippen LogP contribution in [0, 0.1) is 6.92 Å². The number of alkyl carbamates (subject to hydrolysis) is 1. The van der Waals surface area contributed by atoms with Gasteiger partial charge >= 0.3 is 6.09 Å². The highest BCUT2D eigenvalue weighted by molar-refractivity contribution is 9.10. The van der Waals surface area contributed by atoms with Gasteiger partial charge in [0.25, 0.3) is 0 Å². The highest BCUT2D eigenvalue weighted by Gasteiger charge is 2.32. The molecule has 1 aromatic rings. The number of hydrogen-bond acceptors (Lipinski definition) is 3. The SMILES string of the molecule is Cc1c(Br)cccc1C(C)(C=O)NC(=O)OC(C)(C)C. The molecule has 110 valence electrons. The van der Waals surface area contributed by atoms with Crippen LogP contribution in [0.25, 0.3) is 0 Å². The van der Waals surface area contributed by atoms with Gasteiger partial charge in [-0.25, -0.2) is 4.79 Å². The molecule has 1 atom stereocenters. The van der Waals surface area contributed by atoms with Gasteiger partial charge in [-0.1, -0.05) is 28.1 Å². The smallest absolute Gasteiger partial charge is 0.408 e. The quantitative estimate of drug-likeness (QED) is 0.853. The Hall–Kier alpha value is -1.36. The first-order valence-corrected chi connectivity index (χ1v) is 7.11. The van der Waals surface area contributed by atoms with Gasteiger partial charge in [-0.3, -0.25) is 0 Å². The average Bonchev–Trinajstić information content (AvgIpc) is 2.29. The Morgan fingerprint density at radius 2 is 1.90 bits per heavy atom. The lowest BCUT2D eigenvalue weighted by Gasteiger charge is -2.29. The topological polar surface area (TPSA) is 55.4 Å². The third-order valence-electron chi connectivity index (χ3n) is 2.82. The van der Waals surface area contributed by atoms with E-state index in [2.05, 4.69) is 21.2 Å². The number of benzene rings is 1. The Morgan fingerprint density at radius 3 is 2.40 bits per heavy atom. The summed E-state index contributed by atoms with van der Waals surface area (Å²) < 4.78 is 6.09. The lowest BCUT2D eigenvalue weighted by molar-refractivity contribution is -0.113. The van der Waals surface area contributed by atoms with Gasteiger partial charge in [0, 0.05) is 4.47 Å². The molecular formula is C15H20BrNO3. The normalized spacial score (nSPS) is 14.3. The molecular weight excluding hydrogens is 322 g/mol. The summed E-state index contributed by atoms with van der Waals surface area (Å²) in [4.78, 5) is 23.4. The van der Waals surface area contributed by atoms with Gasteiger partial charge in [0.15, 0.2) is 0 Å². The molecule has 1 aromatic carbocycles. The molecule has 0 saturated carbocycles. The third kappa shape index (κ3) is 4.07. The standard InChI is InChI=1S/C15H20BrNO3/c1-10-11(7-6-8-12(10)16)15(5,9-18)17-13(19)20-14(2,3)4/h6-9H,1-5H3,(H,17,19). The van der Waals surface area contributed by atoms with Crippen molar-refractivity contribution < 1.29 is 14.3 Å². The molecule has 1 rings (SSSR count). The minimum absolute atomic E-state index is 0.611. The van der Waals surface area contributed by atoms with Crippen molar-refractivity contribution in [3.05, 3.63) is 33.8 Å². The Labute approximate surface area is 128 Å². The number of halogens is 1. The Balaban J connectivity index is 3.06. The van der Waals surface area contributed by atoms with E-state index in [-0.39, 0.29) is 0 Å². The van der Waals surface area contributed by atoms with E-state index in [1.165, 1.54) is 0 Å². The molecule has 0 aliphatic rings. The number of aldehydes is 1. The van der Waals surface area contributed by atoms with Crippen LogP contribution in [0.3, 0.4) is 0 Å². The Kier molecular flexibility index (Phi) is 4.97. The Morgan fingerprint density at radius 1 is 1.30 bits per heavy atom. The van der Waals surface area contributed by atoms with Gasteiger partial charge in [-0.2, -0.15) is 0 Å². The zero-order valence-electron chi connectivity index (χ0n) is 12.4. The highest BCUT2D eigenvalue weighted by Crippen LogP contribution is 2.28. The zero-order valence-corrected chi connectivity index (χ0v) is 14.0. The fraction of sp³-hybridized carbons (Fsp3) is 0.467. The fourth-order valence-corrected chi connectivity index (χ4v) is 2.21. The maximum Gasteiger partial charge on any atom is 0.408 e. The Bertz CT molecular complexity index is 522. The summed E-state index contributed by atoms with van der Waals surface area (Å²) in [5.74, 6) is 0. The van der Waals surface area contributed by atoms with Crippen molar-refractivity contribution in [1.29, 1.82) is 0 Å². The molecule has 0 aromatic heterocycles. The van der Waals surface area contributed by atoms with E-state index in [4.69, 9.17) is 4.74 Å². The molecule has 0 bridgehead atoms. The van der Waals surface area contributed by atoms with Gasteiger partial charge in [0.2, 0.25) is 0 Å². The molecule has 1 unspecified atom stereocenters. The lowest BCUT2D eigenvalue weighted by atomic mass is 9.90. The van der Waals surface area contributed by atoms with Crippen LogP contribution in [0.5, 0.6) is 0 Å². The lowest BCUT2D eigenvalue weighted by Crippen LogP contribution is -2.47. The molecule has 1 N–H and O–H groups in total. The van der Waals surface area contributed by atoms with Crippen molar-refractivity contribution in [3.8, 4) is 0 Å². The molecule has 0 radical (unpaired) electrons. The predicted molar refractivity (Wildman–Crippen MR) is 81.7 cm³/mol. The molecule has 20 heavy (non-hydrogen) atoms. The van der Waals surface area contributed by atoms with Crippen molar-refractivity contribution in [2.75, 3.05) is 0 Å². The van der Waals surface area contributed by atoms with Crippen molar-refractivity contribution in [3.63, 3.8) is 0 Å². The minimum Gasteiger partial charge on any atom is -0.444 e. The number of nitrogens with one attached hydrogen (secondary N) is 1. The summed E-state index contributed by atoms with van der Waals surface area (Å²) in [6, 6.07) is 5.52. The van der Waals surface area contributed by atoms with Gasteiger partial charge in [0.1, 0.15) is 17.4 Å². The molecule has 0 aliphatic carbocycles. The van der Waals surface area contributed by atoms with E-state index in [0.29, 0.717) is 6.29 Å². The largest absolute Gasteiger partial charge is 0.444 e. The average molecular weight is 342 g/mol. The van der Waals surface area contributed by atoms with Crippen molar-refractivity contribution in [1.82, 2.24) is 5.32 Å². The molecule has 5 heteroatoms. The summed E-state index contributed by atoms with van der Waals surface area (Å²) in [6.45, 7) is 8.86. The van der Waals surface area contributed by atoms with Crippen LogP contribution >= 0.6 is 15.9 Å². The van der Waals surface area contributed by atoms with Crippen LogP contribution in [0.1, 0.15) is 38.8 Å². The van der Waals surface area contributed by atoms with Crippen LogP contribution < -0.4 is 5.32 Å². The van der Waals surface area contributed by atoms with E-state index in [1.807, 2.05) is 25.1 Å². The molecule has 0 aliphatic heterocycles. The molecule has 0 fully saturated rings. The summed E-state index contributed by atoms with van der Waals surface area (Å²) in [5, 5.41) is 2.63. The van der Waals surface area contributed by atoms with E-state index in [0.717, 1.165) is 15.6 Å². The minimum atomic E-state index is -1.13. The zero-order chi connectivity index (χ0) is 15.6. The van der Waals surface area contributed by atoms with Crippen LogP contribution in [0.2, 0.25) is 0 Å². The summed E-state index contributed by atoms with van der Waals surface area (Å²) in [6.07, 6.45) is 0.0950. The molecule has 0 saturated heterocycles. The van der Waals surface area contributed by atoms with Crippen LogP contribution in [0.15, 0.2) is 22.7 Å². The third-order valence-corrected chi connectivity index (χ3v) is 3.68. The first-order chi connectivity index (χ1) is 9.09. The van der Waals surface area contributed by atoms with E-state index in [1.54, 1.807) is 27.7 Å².